The zero-order valence-electron chi connectivity index (χ0n) is 14.1. The van der Waals surface area contributed by atoms with E-state index in [1.54, 1.807) is 7.05 Å². The molecule has 2 aliphatic rings. The Kier molecular flexibility index (Phi) is 3.61. The van der Waals surface area contributed by atoms with Crippen molar-refractivity contribution in [1.82, 2.24) is 9.97 Å². The lowest BCUT2D eigenvalue weighted by Gasteiger charge is -2.04. The summed E-state index contributed by atoms with van der Waals surface area (Å²) >= 11 is 0. The van der Waals surface area contributed by atoms with Crippen molar-refractivity contribution >= 4 is 22.4 Å². The molecule has 0 spiro atoms. The second-order valence-electron chi connectivity index (χ2n) is 5.90. The summed E-state index contributed by atoms with van der Waals surface area (Å²) in [6.07, 6.45) is 1.82. The first-order valence-corrected chi connectivity index (χ1v) is 8.03. The third kappa shape index (κ3) is 2.50. The van der Waals surface area contributed by atoms with Crippen LogP contribution in [0.15, 0.2) is 65.0 Å². The molecule has 2 aromatic rings. The quantitative estimate of drug-likeness (QED) is 0.415. The van der Waals surface area contributed by atoms with E-state index in [1.165, 1.54) is 0 Å². The van der Waals surface area contributed by atoms with Gasteiger partial charge in [-0.25, -0.2) is 9.97 Å². The number of hydrogen-bond acceptors (Lipinski definition) is 5. The Labute approximate surface area is 145 Å². The molecule has 4 rings (SSSR count). The summed E-state index contributed by atoms with van der Waals surface area (Å²) < 4.78 is 0. The van der Waals surface area contributed by atoms with Crippen molar-refractivity contribution in [3.8, 4) is 22.4 Å². The van der Waals surface area contributed by atoms with Gasteiger partial charge in [-0.1, -0.05) is 30.3 Å². The van der Waals surface area contributed by atoms with Gasteiger partial charge < -0.3 is 5.73 Å². The lowest BCUT2D eigenvalue weighted by molar-refractivity contribution is 1.13. The minimum absolute atomic E-state index is 0.620. The second kappa shape index (κ2) is 5.94. The number of aromatic nitrogens is 2. The van der Waals surface area contributed by atoms with Crippen molar-refractivity contribution in [2.24, 2.45) is 10.2 Å². The third-order valence-corrected chi connectivity index (χ3v) is 4.36. The largest absolute Gasteiger partial charge is 0.399 e. The first-order valence-electron chi connectivity index (χ1n) is 8.03. The van der Waals surface area contributed by atoms with Crippen LogP contribution < -0.4 is 5.73 Å². The highest BCUT2D eigenvalue weighted by Gasteiger charge is 2.20. The van der Waals surface area contributed by atoms with Crippen LogP contribution in [0.1, 0.15) is 5.56 Å². The Hall–Kier alpha value is -3.34. The van der Waals surface area contributed by atoms with E-state index in [9.17, 15) is 0 Å². The highest BCUT2D eigenvalue weighted by Crippen LogP contribution is 2.41. The lowest BCUT2D eigenvalue weighted by Crippen LogP contribution is -1.87. The van der Waals surface area contributed by atoms with Crippen LogP contribution in [0.5, 0.6) is 0 Å². The Balaban J connectivity index is 2.14. The fraction of sp³-hybridized carbons (Fsp3) is 0.100. The number of anilines is 1. The Morgan fingerprint density at radius 2 is 1.76 bits per heavy atom. The standard InChI is InChI=1S/C20H17N5/c1-12-15-5-3-4-6-17(15)24-19(13-7-9-14(21)10-8-13)16-11-23-20(18(12)16)25-22-2/h3-11H,21H2,1-2H3. The van der Waals surface area contributed by atoms with Gasteiger partial charge in [0.1, 0.15) is 0 Å². The fourth-order valence-corrected chi connectivity index (χ4v) is 3.16. The number of para-hydroxylation sites is 1. The molecule has 2 aliphatic heterocycles. The van der Waals surface area contributed by atoms with Gasteiger partial charge in [-0.2, -0.15) is 5.11 Å². The van der Waals surface area contributed by atoms with Crippen LogP contribution in [-0.2, 0) is 0 Å². The normalized spacial score (nSPS) is 11.6. The van der Waals surface area contributed by atoms with Gasteiger partial charge in [0.25, 0.3) is 0 Å². The summed E-state index contributed by atoms with van der Waals surface area (Å²) in [5, 5.41) is 9.19. The number of nitrogens with zero attached hydrogens (tertiary/aromatic N) is 4. The number of benzene rings is 2. The van der Waals surface area contributed by atoms with Crippen LogP contribution in [-0.4, -0.2) is 17.0 Å². The Morgan fingerprint density at radius 3 is 2.52 bits per heavy atom. The summed E-state index contributed by atoms with van der Waals surface area (Å²) in [6, 6.07) is 15.8. The van der Waals surface area contributed by atoms with Crippen molar-refractivity contribution < 1.29 is 0 Å². The zero-order valence-corrected chi connectivity index (χ0v) is 14.1. The van der Waals surface area contributed by atoms with Crippen LogP contribution in [0, 0.1) is 6.92 Å². The van der Waals surface area contributed by atoms with Gasteiger partial charge in [0, 0.05) is 41.0 Å². The molecule has 0 amide bonds. The molecule has 25 heavy (non-hydrogen) atoms. The van der Waals surface area contributed by atoms with E-state index in [-0.39, 0.29) is 0 Å². The van der Waals surface area contributed by atoms with Gasteiger partial charge in [0.15, 0.2) is 5.82 Å². The molecule has 5 heteroatoms. The van der Waals surface area contributed by atoms with Gasteiger partial charge in [-0.3, -0.25) is 0 Å². The summed E-state index contributed by atoms with van der Waals surface area (Å²) in [5.41, 5.74) is 12.4. The minimum atomic E-state index is 0.620. The maximum Gasteiger partial charge on any atom is 0.182 e. The van der Waals surface area contributed by atoms with Crippen molar-refractivity contribution in [1.29, 1.82) is 0 Å². The third-order valence-electron chi connectivity index (χ3n) is 4.36. The molecular formula is C20H17N5. The molecule has 2 heterocycles. The minimum Gasteiger partial charge on any atom is -0.399 e. The number of hydrogen-bond donors (Lipinski definition) is 1. The molecule has 0 atom stereocenters. The number of azo groups is 1. The van der Waals surface area contributed by atoms with Gasteiger partial charge in [0.2, 0.25) is 0 Å². The molecule has 0 fully saturated rings. The van der Waals surface area contributed by atoms with E-state index in [0.717, 1.165) is 44.5 Å². The average molecular weight is 327 g/mol. The highest BCUT2D eigenvalue weighted by atomic mass is 15.1. The van der Waals surface area contributed by atoms with Crippen LogP contribution in [0.3, 0.4) is 0 Å². The summed E-state index contributed by atoms with van der Waals surface area (Å²) in [7, 11) is 1.65. The van der Waals surface area contributed by atoms with Crippen LogP contribution in [0.2, 0.25) is 0 Å². The van der Waals surface area contributed by atoms with E-state index >= 15 is 0 Å². The molecule has 2 N–H and O–H groups in total. The van der Waals surface area contributed by atoms with Crippen LogP contribution in [0.25, 0.3) is 33.3 Å². The highest BCUT2D eigenvalue weighted by molar-refractivity contribution is 5.97. The molecule has 2 aromatic carbocycles. The number of rotatable bonds is 2. The van der Waals surface area contributed by atoms with Gasteiger partial charge in [-0.05, 0) is 30.7 Å². The molecule has 0 aliphatic carbocycles. The van der Waals surface area contributed by atoms with Crippen molar-refractivity contribution in [3.63, 3.8) is 0 Å². The van der Waals surface area contributed by atoms with Crippen molar-refractivity contribution in [3.05, 3.63) is 60.3 Å². The number of fused-ring (bicyclic) bond motifs is 2. The lowest BCUT2D eigenvalue weighted by atomic mass is 9.99. The van der Waals surface area contributed by atoms with E-state index in [1.807, 2.05) is 48.7 Å². The molecule has 0 bridgehead atoms. The predicted molar refractivity (Wildman–Crippen MR) is 101 cm³/mol. The topological polar surface area (TPSA) is 76.5 Å². The molecule has 0 aromatic heterocycles. The first kappa shape index (κ1) is 15.2. The maximum absolute atomic E-state index is 5.84. The molecular weight excluding hydrogens is 310 g/mol. The Bertz CT molecular complexity index is 1070. The van der Waals surface area contributed by atoms with Crippen LogP contribution in [0.4, 0.5) is 11.5 Å². The zero-order chi connectivity index (χ0) is 17.4. The average Bonchev–Trinajstić information content (AvgIpc) is 2.99. The monoisotopic (exact) mass is 327 g/mol. The van der Waals surface area contributed by atoms with E-state index in [2.05, 4.69) is 28.2 Å². The maximum atomic E-state index is 5.84. The van der Waals surface area contributed by atoms with E-state index < -0.39 is 0 Å². The second-order valence-corrected chi connectivity index (χ2v) is 5.90. The Morgan fingerprint density at radius 1 is 1.00 bits per heavy atom. The number of nitrogen functional groups attached to an aromatic ring is 1. The molecule has 0 radical (unpaired) electrons. The molecule has 0 saturated heterocycles. The van der Waals surface area contributed by atoms with Gasteiger partial charge in [0.05, 0.1) is 11.2 Å². The van der Waals surface area contributed by atoms with E-state index in [0.29, 0.717) is 5.82 Å². The number of nitrogens with two attached hydrogens (primary N) is 1. The van der Waals surface area contributed by atoms with E-state index in [4.69, 9.17) is 10.7 Å². The number of aryl methyl sites for hydroxylation is 1. The molecule has 0 saturated carbocycles. The fourth-order valence-electron chi connectivity index (χ4n) is 3.16. The van der Waals surface area contributed by atoms with Gasteiger partial charge >= 0.3 is 0 Å². The summed E-state index contributed by atoms with van der Waals surface area (Å²) in [4.78, 5) is 9.41. The molecule has 122 valence electrons. The predicted octanol–water partition coefficient (Wildman–Crippen LogP) is 5.01. The summed E-state index contributed by atoms with van der Waals surface area (Å²) in [6.45, 7) is 2.08. The molecule has 0 unspecified atom stereocenters. The van der Waals surface area contributed by atoms with Gasteiger partial charge in [-0.15, -0.1) is 5.11 Å². The molecule has 5 nitrogen and oxygen atoms in total. The summed E-state index contributed by atoms with van der Waals surface area (Å²) in [5.74, 6) is 0.620. The SMILES string of the molecule is CN=Nc1ncc2c(-c3ccc(N)cc3)nc3ccccc3c(C)c1-2. The van der Waals surface area contributed by atoms with Crippen LogP contribution >= 0.6 is 0 Å². The van der Waals surface area contributed by atoms with Crippen molar-refractivity contribution in [2.75, 3.05) is 12.8 Å². The smallest absolute Gasteiger partial charge is 0.182 e. The van der Waals surface area contributed by atoms with Crippen molar-refractivity contribution in [2.45, 2.75) is 6.92 Å². The first-order chi connectivity index (χ1) is 12.2.